The Hall–Kier alpha value is -2.80. The van der Waals surface area contributed by atoms with Gasteiger partial charge in [0.1, 0.15) is 6.10 Å². The molecule has 1 N–H and O–H groups in total. The number of nitrogens with zero attached hydrogens (tertiary/aromatic N) is 1. The van der Waals surface area contributed by atoms with Crippen LogP contribution in [0.1, 0.15) is 55.8 Å². The highest BCUT2D eigenvalue weighted by molar-refractivity contribution is 5.67. The number of carbonyl (C=O) groups is 1. The zero-order chi connectivity index (χ0) is 25.7. The molecule has 3 atom stereocenters. The topological polar surface area (TPSA) is 60.0 Å². The number of methoxy groups -OCH3 is 2. The van der Waals surface area contributed by atoms with Gasteiger partial charge >= 0.3 is 6.09 Å². The zero-order valence-electron chi connectivity index (χ0n) is 21.9. The zero-order valence-corrected chi connectivity index (χ0v) is 21.9. The summed E-state index contributed by atoms with van der Waals surface area (Å²) in [5.41, 5.74) is 3.31. The van der Waals surface area contributed by atoms with Gasteiger partial charge in [-0.15, -0.1) is 0 Å². The highest BCUT2D eigenvalue weighted by Gasteiger charge is 2.42. The second-order valence-electron chi connectivity index (χ2n) is 10.8. The Bertz CT molecular complexity index is 1030. The van der Waals surface area contributed by atoms with Gasteiger partial charge in [-0.25, -0.2) is 4.79 Å². The quantitative estimate of drug-likeness (QED) is 0.481. The van der Waals surface area contributed by atoms with Crippen LogP contribution >= 0.6 is 0 Å². The van der Waals surface area contributed by atoms with E-state index in [0.29, 0.717) is 25.1 Å². The molecule has 0 spiro atoms. The molecule has 4 rings (SSSR count). The molecule has 196 valence electrons. The molecule has 0 aliphatic carbocycles. The third kappa shape index (κ3) is 6.12. The molecule has 1 saturated heterocycles. The molecular formula is C29H39FN2O4. The van der Waals surface area contributed by atoms with E-state index in [0.717, 1.165) is 37.2 Å². The maximum Gasteiger partial charge on any atom is 0.407 e. The van der Waals surface area contributed by atoms with Crippen molar-refractivity contribution in [1.82, 2.24) is 10.2 Å². The number of hydrogen-bond donors (Lipinski definition) is 1. The van der Waals surface area contributed by atoms with E-state index in [-0.39, 0.29) is 30.2 Å². The Morgan fingerprint density at radius 3 is 2.56 bits per heavy atom. The van der Waals surface area contributed by atoms with Crippen molar-refractivity contribution in [2.75, 3.05) is 34.0 Å². The summed E-state index contributed by atoms with van der Waals surface area (Å²) in [4.78, 5) is 15.4. The maximum atomic E-state index is 13.3. The van der Waals surface area contributed by atoms with Gasteiger partial charge in [-0.05, 0) is 53.5 Å². The monoisotopic (exact) mass is 498 g/mol. The average Bonchev–Trinajstić information content (AvgIpc) is 2.87. The van der Waals surface area contributed by atoms with E-state index in [1.54, 1.807) is 14.2 Å². The van der Waals surface area contributed by atoms with Crippen LogP contribution < -0.4 is 14.8 Å². The van der Waals surface area contributed by atoms with Gasteiger partial charge in [-0.2, -0.15) is 0 Å². The molecule has 2 aromatic carbocycles. The maximum absolute atomic E-state index is 13.3. The molecule has 0 bridgehead atoms. The first kappa shape index (κ1) is 26.3. The van der Waals surface area contributed by atoms with Gasteiger partial charge in [-0.1, -0.05) is 44.2 Å². The molecule has 6 nitrogen and oxygen atoms in total. The third-order valence-electron chi connectivity index (χ3n) is 7.69. The number of halogens is 1. The fraction of sp³-hybridized carbons (Fsp3) is 0.552. The van der Waals surface area contributed by atoms with Gasteiger partial charge in [0.2, 0.25) is 0 Å². The number of nitrogens with one attached hydrogen (secondary N) is 1. The predicted molar refractivity (Wildman–Crippen MR) is 138 cm³/mol. The van der Waals surface area contributed by atoms with Crippen molar-refractivity contribution in [3.8, 4) is 11.5 Å². The fourth-order valence-electron chi connectivity index (χ4n) is 5.76. The van der Waals surface area contributed by atoms with Gasteiger partial charge in [0.05, 0.1) is 20.9 Å². The lowest BCUT2D eigenvalue weighted by Crippen LogP contribution is -2.50. The van der Waals surface area contributed by atoms with E-state index in [1.165, 1.54) is 11.1 Å². The van der Waals surface area contributed by atoms with Crippen molar-refractivity contribution in [2.45, 2.75) is 58.2 Å². The Kier molecular flexibility index (Phi) is 8.39. The number of benzene rings is 2. The van der Waals surface area contributed by atoms with Crippen LogP contribution in [0, 0.1) is 11.3 Å². The van der Waals surface area contributed by atoms with E-state index in [2.05, 4.69) is 36.2 Å². The molecule has 2 heterocycles. The lowest BCUT2D eigenvalue weighted by molar-refractivity contribution is -0.0376. The Morgan fingerprint density at radius 1 is 1.14 bits per heavy atom. The smallest absolute Gasteiger partial charge is 0.407 e. The van der Waals surface area contributed by atoms with Crippen LogP contribution in [0.25, 0.3) is 0 Å². The number of ether oxygens (including phenoxy) is 3. The van der Waals surface area contributed by atoms with Crippen molar-refractivity contribution in [3.05, 3.63) is 59.2 Å². The highest BCUT2D eigenvalue weighted by Crippen LogP contribution is 2.45. The number of rotatable bonds is 9. The first-order valence-corrected chi connectivity index (χ1v) is 12.9. The molecular weight excluding hydrogens is 459 g/mol. The molecule has 2 aliphatic heterocycles. The lowest BCUT2D eigenvalue weighted by Gasteiger charge is -2.48. The summed E-state index contributed by atoms with van der Waals surface area (Å²) in [6, 6.07) is 14.1. The molecule has 7 heteroatoms. The van der Waals surface area contributed by atoms with Crippen LogP contribution in [-0.4, -0.2) is 51.1 Å². The highest BCUT2D eigenvalue weighted by atomic mass is 19.1. The molecule has 2 aliphatic rings. The van der Waals surface area contributed by atoms with E-state index in [4.69, 9.17) is 14.2 Å². The molecule has 3 unspecified atom stereocenters. The minimum absolute atomic E-state index is 0.126. The third-order valence-corrected chi connectivity index (χ3v) is 7.69. The number of carbonyl (C=O) groups excluding carboxylic acids is 1. The van der Waals surface area contributed by atoms with E-state index in [9.17, 15) is 9.18 Å². The number of amides is 1. The SMILES string of the molecule is COc1cc2c(cc1OC)C1CC(OC(=O)NCc3ccccc3)C(CC(C)(C)CCF)CN1CC2. The van der Waals surface area contributed by atoms with Crippen molar-refractivity contribution in [2.24, 2.45) is 11.3 Å². The lowest BCUT2D eigenvalue weighted by atomic mass is 9.74. The van der Waals surface area contributed by atoms with Crippen LogP contribution in [0.15, 0.2) is 42.5 Å². The summed E-state index contributed by atoms with van der Waals surface area (Å²) in [7, 11) is 3.30. The predicted octanol–water partition coefficient (Wildman–Crippen LogP) is 5.69. The van der Waals surface area contributed by atoms with E-state index < -0.39 is 6.09 Å². The Morgan fingerprint density at radius 2 is 1.86 bits per heavy atom. The van der Waals surface area contributed by atoms with Gasteiger partial charge < -0.3 is 19.5 Å². The van der Waals surface area contributed by atoms with Gasteiger partial charge in [-0.3, -0.25) is 9.29 Å². The largest absolute Gasteiger partial charge is 0.493 e. The first-order chi connectivity index (χ1) is 17.3. The van der Waals surface area contributed by atoms with Gasteiger partial charge in [0.15, 0.2) is 11.5 Å². The molecule has 0 saturated carbocycles. The molecule has 0 radical (unpaired) electrons. The number of fused-ring (bicyclic) bond motifs is 3. The number of alkyl halides is 1. The van der Waals surface area contributed by atoms with Crippen molar-refractivity contribution in [1.29, 1.82) is 0 Å². The van der Waals surface area contributed by atoms with Crippen LogP contribution in [0.5, 0.6) is 11.5 Å². The second-order valence-corrected chi connectivity index (χ2v) is 10.8. The Balaban J connectivity index is 1.54. The minimum atomic E-state index is -0.408. The number of hydrogen-bond acceptors (Lipinski definition) is 5. The summed E-state index contributed by atoms with van der Waals surface area (Å²) in [6.07, 6.45) is 2.25. The first-order valence-electron chi connectivity index (χ1n) is 12.9. The minimum Gasteiger partial charge on any atom is -0.493 e. The molecule has 36 heavy (non-hydrogen) atoms. The van der Waals surface area contributed by atoms with E-state index >= 15 is 0 Å². The van der Waals surface area contributed by atoms with Gasteiger partial charge in [0.25, 0.3) is 0 Å². The normalized spacial score (nSPS) is 21.8. The summed E-state index contributed by atoms with van der Waals surface area (Å²) in [5, 5.41) is 2.91. The van der Waals surface area contributed by atoms with Gasteiger partial charge in [0, 0.05) is 38.0 Å². The second kappa shape index (κ2) is 11.5. The average molecular weight is 499 g/mol. The van der Waals surface area contributed by atoms with Crippen molar-refractivity contribution < 1.29 is 23.4 Å². The van der Waals surface area contributed by atoms with Crippen LogP contribution in [-0.2, 0) is 17.7 Å². The standard InChI is InChI=1S/C29H39FN2O4/c1-29(2,11-12-30)17-22-19-32-13-10-21-14-26(34-3)27(35-4)15-23(21)24(32)16-25(22)36-28(33)31-18-20-8-6-5-7-9-20/h5-9,14-15,22,24-25H,10-13,16-19H2,1-4H3,(H,31,33). The Labute approximate surface area is 214 Å². The van der Waals surface area contributed by atoms with Crippen LogP contribution in [0.4, 0.5) is 9.18 Å². The number of alkyl carbamates (subject to hydrolysis) is 1. The fourth-order valence-corrected chi connectivity index (χ4v) is 5.76. The van der Waals surface area contributed by atoms with E-state index in [1.807, 2.05) is 30.3 Å². The van der Waals surface area contributed by atoms with Crippen molar-refractivity contribution in [3.63, 3.8) is 0 Å². The van der Waals surface area contributed by atoms with Crippen molar-refractivity contribution >= 4 is 6.09 Å². The van der Waals surface area contributed by atoms with Crippen LogP contribution in [0.2, 0.25) is 0 Å². The summed E-state index contributed by atoms with van der Waals surface area (Å²) in [6.45, 7) is 6.02. The van der Waals surface area contributed by atoms with Crippen LogP contribution in [0.3, 0.4) is 0 Å². The molecule has 2 aromatic rings. The molecule has 1 fully saturated rings. The number of piperidine rings is 1. The molecule has 1 amide bonds. The summed E-state index contributed by atoms with van der Waals surface area (Å²) >= 11 is 0. The summed E-state index contributed by atoms with van der Waals surface area (Å²) in [5.74, 6) is 1.58. The summed E-state index contributed by atoms with van der Waals surface area (Å²) < 4.78 is 30.5. The molecule has 0 aromatic heterocycles.